The first kappa shape index (κ1) is 64.8. The summed E-state index contributed by atoms with van der Waals surface area (Å²) in [6.45, 7) is 4.86. The van der Waals surface area contributed by atoms with Gasteiger partial charge in [-0.3, -0.25) is 9.59 Å². The normalized spacial score (nSPS) is 13.0. The number of esters is 1. The van der Waals surface area contributed by atoms with Crippen LogP contribution in [0.1, 0.15) is 303 Å². The first-order chi connectivity index (χ1) is 33.0. The average molecular weight is 941 g/mol. The lowest BCUT2D eigenvalue weighted by atomic mass is 10.0. The quantitative estimate of drug-likeness (QED) is 0.0244. The van der Waals surface area contributed by atoms with Crippen molar-refractivity contribution in [3.8, 4) is 0 Å². The number of hydrogen-bond acceptors (Lipinski definition) is 5. The minimum absolute atomic E-state index is 0.0175. The molecule has 2 atom stereocenters. The Balaban J connectivity index is 3.49. The van der Waals surface area contributed by atoms with Gasteiger partial charge in [0, 0.05) is 12.8 Å². The van der Waals surface area contributed by atoms with Crippen LogP contribution in [0.3, 0.4) is 0 Å². The Bertz CT molecular complexity index is 1130. The Hall–Kier alpha value is -2.18. The number of carbonyl (C=O) groups is 2. The van der Waals surface area contributed by atoms with Gasteiger partial charge in [-0.1, -0.05) is 249 Å². The van der Waals surface area contributed by atoms with E-state index in [0.29, 0.717) is 19.4 Å². The molecule has 0 heterocycles. The summed E-state index contributed by atoms with van der Waals surface area (Å²) in [5.41, 5.74) is 0. The van der Waals surface area contributed by atoms with Crippen molar-refractivity contribution in [2.45, 2.75) is 315 Å². The van der Waals surface area contributed by atoms with Crippen LogP contribution in [0, 0.1) is 0 Å². The maximum atomic E-state index is 12.4. The molecule has 67 heavy (non-hydrogen) atoms. The predicted molar refractivity (Wildman–Crippen MR) is 292 cm³/mol. The van der Waals surface area contributed by atoms with Crippen LogP contribution in [-0.2, 0) is 14.3 Å². The van der Waals surface area contributed by atoms with Crippen molar-refractivity contribution < 1.29 is 24.5 Å². The highest BCUT2D eigenvalue weighted by molar-refractivity contribution is 5.76. The maximum absolute atomic E-state index is 12.4. The standard InChI is InChI=1S/C61H113NO5/c1-3-5-7-9-11-13-15-17-18-19-24-27-31-35-39-43-47-51-55-61(66)67-56-52-48-44-40-36-32-28-25-22-20-21-23-26-30-34-38-42-46-50-54-60(65)62-58(57-63)59(64)53-49-45-41-37-33-29-16-14-12-10-8-6-4-2/h18-19,25,28,32,36,49,53,58-59,63-64H,3-17,20-24,26-27,29-31,33-35,37-48,50-52,54-57H2,1-2H3,(H,62,65)/b19-18-,28-25-,36-32-,53-49+. The molecule has 0 radical (unpaired) electrons. The molecule has 0 aromatic carbocycles. The SMILES string of the molecule is CCCCCCCCC/C=C\CCCCCCCCCC(=O)OCCCCC/C=C\C=C/CCCCCCCCCCCCC(=O)NC(CO)C(O)/C=C/CCCCCCCCCCCCC. The zero-order valence-corrected chi connectivity index (χ0v) is 44.6. The van der Waals surface area contributed by atoms with Crippen LogP contribution in [0.2, 0.25) is 0 Å². The van der Waals surface area contributed by atoms with E-state index in [2.05, 4.69) is 55.6 Å². The average Bonchev–Trinajstić information content (AvgIpc) is 3.33. The summed E-state index contributed by atoms with van der Waals surface area (Å²) in [7, 11) is 0. The fourth-order valence-electron chi connectivity index (χ4n) is 8.80. The van der Waals surface area contributed by atoms with E-state index in [1.165, 1.54) is 199 Å². The second-order valence-corrected chi connectivity index (χ2v) is 20.0. The van der Waals surface area contributed by atoms with Crippen LogP contribution < -0.4 is 5.32 Å². The molecule has 0 aromatic rings. The highest BCUT2D eigenvalue weighted by Crippen LogP contribution is 2.16. The number of hydrogen-bond donors (Lipinski definition) is 3. The minimum atomic E-state index is -0.851. The van der Waals surface area contributed by atoms with E-state index in [0.717, 1.165) is 77.0 Å². The van der Waals surface area contributed by atoms with Crippen molar-refractivity contribution in [2.75, 3.05) is 13.2 Å². The number of aliphatic hydroxyl groups is 2. The number of aliphatic hydroxyl groups excluding tert-OH is 2. The van der Waals surface area contributed by atoms with Gasteiger partial charge in [0.15, 0.2) is 0 Å². The van der Waals surface area contributed by atoms with E-state index in [4.69, 9.17) is 4.74 Å². The number of amides is 1. The van der Waals surface area contributed by atoms with Crippen molar-refractivity contribution >= 4 is 11.9 Å². The Kier molecular flexibility index (Phi) is 54.6. The number of unbranched alkanes of at least 4 members (excludes halogenated alkanes) is 38. The molecule has 0 saturated heterocycles. The van der Waals surface area contributed by atoms with Crippen molar-refractivity contribution in [3.63, 3.8) is 0 Å². The summed E-state index contributed by atoms with van der Waals surface area (Å²) in [6.07, 6.45) is 71.4. The molecular formula is C61H113NO5. The lowest BCUT2D eigenvalue weighted by Crippen LogP contribution is -2.45. The molecule has 0 aliphatic heterocycles. The molecule has 0 rings (SSSR count). The van der Waals surface area contributed by atoms with Gasteiger partial charge < -0.3 is 20.3 Å². The zero-order chi connectivity index (χ0) is 48.6. The fraction of sp³-hybridized carbons (Fsp3) is 0.836. The van der Waals surface area contributed by atoms with Crippen LogP contribution in [0.4, 0.5) is 0 Å². The molecule has 6 nitrogen and oxygen atoms in total. The van der Waals surface area contributed by atoms with Gasteiger partial charge in [0.2, 0.25) is 5.91 Å². The number of allylic oxidation sites excluding steroid dienone is 7. The fourth-order valence-corrected chi connectivity index (χ4v) is 8.80. The van der Waals surface area contributed by atoms with Crippen molar-refractivity contribution in [2.24, 2.45) is 0 Å². The minimum Gasteiger partial charge on any atom is -0.466 e. The highest BCUT2D eigenvalue weighted by Gasteiger charge is 2.18. The first-order valence-electron chi connectivity index (χ1n) is 29.4. The molecule has 1 amide bonds. The number of nitrogens with one attached hydrogen (secondary N) is 1. The van der Waals surface area contributed by atoms with Crippen molar-refractivity contribution in [1.82, 2.24) is 5.32 Å². The van der Waals surface area contributed by atoms with Crippen molar-refractivity contribution in [3.05, 3.63) is 48.6 Å². The molecule has 6 heteroatoms. The third kappa shape index (κ3) is 53.0. The summed E-state index contributed by atoms with van der Waals surface area (Å²) < 4.78 is 5.46. The van der Waals surface area contributed by atoms with Gasteiger partial charge in [-0.05, 0) is 89.9 Å². The van der Waals surface area contributed by atoms with E-state index >= 15 is 0 Å². The molecule has 2 unspecified atom stereocenters. The molecule has 392 valence electrons. The topological polar surface area (TPSA) is 95.9 Å². The van der Waals surface area contributed by atoms with Gasteiger partial charge in [-0.2, -0.15) is 0 Å². The summed E-state index contributed by atoms with van der Waals surface area (Å²) >= 11 is 0. The van der Waals surface area contributed by atoms with Gasteiger partial charge in [-0.25, -0.2) is 0 Å². The van der Waals surface area contributed by atoms with E-state index in [9.17, 15) is 19.8 Å². The molecule has 0 bridgehead atoms. The van der Waals surface area contributed by atoms with Gasteiger partial charge in [0.1, 0.15) is 0 Å². The summed E-state index contributed by atoms with van der Waals surface area (Å²) in [6, 6.07) is -0.636. The van der Waals surface area contributed by atoms with Crippen molar-refractivity contribution in [1.29, 1.82) is 0 Å². The molecule has 3 N–H and O–H groups in total. The largest absolute Gasteiger partial charge is 0.466 e. The smallest absolute Gasteiger partial charge is 0.305 e. The molecule has 0 saturated carbocycles. The Morgan fingerprint density at radius 2 is 0.746 bits per heavy atom. The van der Waals surface area contributed by atoms with Crippen LogP contribution in [0.5, 0.6) is 0 Å². The summed E-state index contributed by atoms with van der Waals surface area (Å²) in [5, 5.41) is 23.1. The van der Waals surface area contributed by atoms with E-state index < -0.39 is 12.1 Å². The van der Waals surface area contributed by atoms with E-state index in [1.54, 1.807) is 6.08 Å². The third-order valence-electron chi connectivity index (χ3n) is 13.3. The number of carbonyl (C=O) groups excluding carboxylic acids is 2. The van der Waals surface area contributed by atoms with Gasteiger partial charge in [-0.15, -0.1) is 0 Å². The molecule has 0 aliphatic rings. The predicted octanol–water partition coefficient (Wildman–Crippen LogP) is 18.2. The van der Waals surface area contributed by atoms with E-state index in [-0.39, 0.29) is 18.5 Å². The van der Waals surface area contributed by atoms with Crippen LogP contribution in [0.15, 0.2) is 48.6 Å². The second kappa shape index (κ2) is 56.4. The van der Waals surface area contributed by atoms with Gasteiger partial charge in [0.25, 0.3) is 0 Å². The second-order valence-electron chi connectivity index (χ2n) is 20.0. The molecule has 0 aliphatic carbocycles. The monoisotopic (exact) mass is 940 g/mol. The Labute approximate surface area is 416 Å². The Morgan fingerprint density at radius 1 is 0.418 bits per heavy atom. The summed E-state index contributed by atoms with van der Waals surface area (Å²) in [5.74, 6) is -0.0962. The maximum Gasteiger partial charge on any atom is 0.305 e. The highest BCUT2D eigenvalue weighted by atomic mass is 16.5. The first-order valence-corrected chi connectivity index (χ1v) is 29.4. The van der Waals surface area contributed by atoms with Crippen LogP contribution >= 0.6 is 0 Å². The van der Waals surface area contributed by atoms with Crippen LogP contribution in [-0.4, -0.2) is 47.4 Å². The number of rotatable bonds is 54. The molecule has 0 spiro atoms. The summed E-state index contributed by atoms with van der Waals surface area (Å²) in [4.78, 5) is 24.5. The lowest BCUT2D eigenvalue weighted by Gasteiger charge is -2.20. The third-order valence-corrected chi connectivity index (χ3v) is 13.3. The number of ether oxygens (including phenoxy) is 1. The lowest BCUT2D eigenvalue weighted by molar-refractivity contribution is -0.143. The Morgan fingerprint density at radius 3 is 1.15 bits per heavy atom. The van der Waals surface area contributed by atoms with Gasteiger partial charge >= 0.3 is 5.97 Å². The van der Waals surface area contributed by atoms with Crippen LogP contribution in [0.25, 0.3) is 0 Å². The molecule has 0 fully saturated rings. The van der Waals surface area contributed by atoms with Gasteiger partial charge in [0.05, 0.1) is 25.4 Å². The van der Waals surface area contributed by atoms with E-state index in [1.807, 2.05) is 6.08 Å². The molecule has 0 aromatic heterocycles. The molecular weight excluding hydrogens is 827 g/mol. The zero-order valence-electron chi connectivity index (χ0n) is 44.6.